The van der Waals surface area contributed by atoms with Crippen LogP contribution in [0.1, 0.15) is 15.3 Å². The normalized spacial score (nSPS) is 10.3. The van der Waals surface area contributed by atoms with Crippen molar-refractivity contribution in [1.29, 1.82) is 0 Å². The molecule has 0 aliphatic heterocycles. The summed E-state index contributed by atoms with van der Waals surface area (Å²) in [6, 6.07) is 6.71. The van der Waals surface area contributed by atoms with Gasteiger partial charge in [0.05, 0.1) is 4.90 Å². The summed E-state index contributed by atoms with van der Waals surface area (Å²) < 4.78 is 25.0. The molecule has 0 saturated heterocycles. The highest BCUT2D eigenvalue weighted by atomic mass is 32.2. The van der Waals surface area contributed by atoms with Crippen LogP contribution in [-0.4, -0.2) is 29.6 Å². The van der Waals surface area contributed by atoms with Gasteiger partial charge in [0.15, 0.2) is 0 Å². The van der Waals surface area contributed by atoms with Gasteiger partial charge in [0.1, 0.15) is 0 Å². The summed E-state index contributed by atoms with van der Waals surface area (Å²) >= 11 is 0. The van der Waals surface area contributed by atoms with Crippen LogP contribution >= 0.6 is 0 Å². The Morgan fingerprint density at radius 3 is 1.88 bits per heavy atom. The molecule has 0 atom stereocenters. The number of hydrogen-bond donors (Lipinski definition) is 1. The lowest BCUT2D eigenvalue weighted by Gasteiger charge is -2.12. The summed E-state index contributed by atoms with van der Waals surface area (Å²) in [7, 11) is 1.90. The Balaban J connectivity index is 0. The van der Waals surface area contributed by atoms with Crippen LogP contribution in [0.3, 0.4) is 0 Å². The van der Waals surface area contributed by atoms with Gasteiger partial charge in [-0.25, -0.2) is 13.1 Å². The molecule has 0 heterocycles. The molecular formula is C11H22N2O2S. The largest absolute Gasteiger partial charge is 0.378 e. The predicted octanol–water partition coefficient (Wildman–Crippen LogP) is 1.93. The van der Waals surface area contributed by atoms with E-state index in [9.17, 15) is 8.42 Å². The molecule has 0 amide bonds. The Labute approximate surface area is 99.8 Å². The fourth-order valence-electron chi connectivity index (χ4n) is 1.04. The third kappa shape index (κ3) is 3.83. The van der Waals surface area contributed by atoms with Crippen LogP contribution in [-0.2, 0) is 10.0 Å². The van der Waals surface area contributed by atoms with Gasteiger partial charge in [-0.05, 0) is 31.3 Å². The van der Waals surface area contributed by atoms with Crippen molar-refractivity contribution >= 4 is 15.7 Å². The van der Waals surface area contributed by atoms with E-state index in [-0.39, 0.29) is 6.32 Å². The van der Waals surface area contributed by atoms with Crippen molar-refractivity contribution in [3.05, 3.63) is 24.3 Å². The molecule has 0 aliphatic carbocycles. The van der Waals surface area contributed by atoms with Crippen molar-refractivity contribution in [1.82, 2.24) is 4.72 Å². The Bertz CT molecular complexity index is 402. The summed E-state index contributed by atoms with van der Waals surface area (Å²) in [5.74, 6) is 0. The van der Waals surface area contributed by atoms with Gasteiger partial charge in [-0.1, -0.05) is 13.8 Å². The Hall–Kier alpha value is -1.07. The number of benzene rings is 1. The zero-order chi connectivity index (χ0) is 12.8. The van der Waals surface area contributed by atoms with Crippen molar-refractivity contribution < 1.29 is 9.84 Å². The van der Waals surface area contributed by atoms with Crippen molar-refractivity contribution in [2.45, 2.75) is 18.7 Å². The minimum Gasteiger partial charge on any atom is -0.378 e. The van der Waals surface area contributed by atoms with Gasteiger partial charge in [-0.2, -0.15) is 0 Å². The van der Waals surface area contributed by atoms with Crippen molar-refractivity contribution in [3.63, 3.8) is 0 Å². The molecule has 0 aromatic heterocycles. The SMILES string of the molecule is CC.CNS(=O)(=O)c1ccc(N(C)C)cc1.[HH]. The second kappa shape index (κ2) is 6.50. The number of nitrogens with zero attached hydrogens (tertiary/aromatic N) is 1. The molecule has 0 aliphatic rings. The van der Waals surface area contributed by atoms with E-state index >= 15 is 0 Å². The molecule has 0 saturated carbocycles. The minimum atomic E-state index is -3.31. The number of rotatable bonds is 3. The number of anilines is 1. The molecule has 16 heavy (non-hydrogen) atoms. The van der Waals surface area contributed by atoms with Crippen LogP contribution in [0.25, 0.3) is 0 Å². The molecule has 1 aromatic rings. The van der Waals surface area contributed by atoms with E-state index in [0.29, 0.717) is 0 Å². The van der Waals surface area contributed by atoms with Crippen LogP contribution in [0.4, 0.5) is 5.69 Å². The number of sulfonamides is 1. The van der Waals surface area contributed by atoms with E-state index in [1.165, 1.54) is 7.05 Å². The van der Waals surface area contributed by atoms with Crippen LogP contribution in [0.15, 0.2) is 29.2 Å². The maximum atomic E-state index is 11.4. The molecular weight excluding hydrogens is 224 g/mol. The maximum Gasteiger partial charge on any atom is 0.240 e. The van der Waals surface area contributed by atoms with Gasteiger partial charge in [0, 0.05) is 21.2 Å². The number of hydrogen-bond acceptors (Lipinski definition) is 3. The van der Waals surface area contributed by atoms with E-state index in [2.05, 4.69) is 4.72 Å². The summed E-state index contributed by atoms with van der Waals surface area (Å²) in [4.78, 5) is 2.20. The van der Waals surface area contributed by atoms with Gasteiger partial charge in [0.2, 0.25) is 10.0 Å². The van der Waals surface area contributed by atoms with Crippen LogP contribution in [0, 0.1) is 0 Å². The summed E-state index contributed by atoms with van der Waals surface area (Å²) in [6.07, 6.45) is 0. The standard InChI is InChI=1S/C9H14N2O2S.C2H6.H2/c1-10-14(12,13)9-6-4-8(5-7-9)11(2)3;1-2;/h4-7,10H,1-3H3;1-2H3;1H. The first-order valence-corrected chi connectivity index (χ1v) is 6.66. The molecule has 0 bridgehead atoms. The lowest BCUT2D eigenvalue weighted by molar-refractivity contribution is 0.588. The fraction of sp³-hybridized carbons (Fsp3) is 0.455. The molecule has 94 valence electrons. The van der Waals surface area contributed by atoms with Gasteiger partial charge in [0.25, 0.3) is 0 Å². The quantitative estimate of drug-likeness (QED) is 0.886. The van der Waals surface area contributed by atoms with Gasteiger partial charge in [-0.3, -0.25) is 0 Å². The molecule has 4 nitrogen and oxygen atoms in total. The molecule has 5 heteroatoms. The Kier molecular flexibility index (Phi) is 6.06. The third-order valence-electron chi connectivity index (χ3n) is 1.93. The Morgan fingerprint density at radius 2 is 1.56 bits per heavy atom. The van der Waals surface area contributed by atoms with Crippen LogP contribution in [0.2, 0.25) is 0 Å². The zero-order valence-corrected chi connectivity index (χ0v) is 11.3. The average molecular weight is 246 g/mol. The first-order chi connectivity index (χ1) is 7.47. The first kappa shape index (κ1) is 14.9. The van der Waals surface area contributed by atoms with Gasteiger partial charge < -0.3 is 4.90 Å². The average Bonchev–Trinajstić information content (AvgIpc) is 2.32. The summed E-state index contributed by atoms with van der Waals surface area (Å²) in [5, 5.41) is 0. The number of nitrogens with one attached hydrogen (secondary N) is 1. The second-order valence-corrected chi connectivity index (χ2v) is 4.98. The molecule has 0 unspecified atom stereocenters. The van der Waals surface area contributed by atoms with Gasteiger partial charge >= 0.3 is 0 Å². The summed E-state index contributed by atoms with van der Waals surface area (Å²) in [5.41, 5.74) is 0.972. The highest BCUT2D eigenvalue weighted by Gasteiger charge is 2.10. The smallest absolute Gasteiger partial charge is 0.240 e. The van der Waals surface area contributed by atoms with Crippen molar-refractivity contribution in [2.75, 3.05) is 26.0 Å². The van der Waals surface area contributed by atoms with E-state index in [0.717, 1.165) is 5.69 Å². The second-order valence-electron chi connectivity index (χ2n) is 3.10. The van der Waals surface area contributed by atoms with Crippen LogP contribution < -0.4 is 9.62 Å². The van der Waals surface area contributed by atoms with E-state index in [4.69, 9.17) is 0 Å². The minimum absolute atomic E-state index is 0. The van der Waals surface area contributed by atoms with Crippen molar-refractivity contribution in [3.8, 4) is 0 Å². The molecule has 0 radical (unpaired) electrons. The van der Waals surface area contributed by atoms with E-state index < -0.39 is 10.0 Å². The molecule has 0 spiro atoms. The third-order valence-corrected chi connectivity index (χ3v) is 3.36. The first-order valence-electron chi connectivity index (χ1n) is 5.18. The highest BCUT2D eigenvalue weighted by molar-refractivity contribution is 7.89. The predicted molar refractivity (Wildman–Crippen MR) is 70.5 cm³/mol. The molecule has 1 rings (SSSR count). The molecule has 0 fully saturated rings. The lowest BCUT2D eigenvalue weighted by atomic mass is 10.3. The van der Waals surface area contributed by atoms with Gasteiger partial charge in [-0.15, -0.1) is 0 Å². The lowest BCUT2D eigenvalue weighted by Crippen LogP contribution is -2.18. The highest BCUT2D eigenvalue weighted by Crippen LogP contribution is 2.15. The summed E-state index contributed by atoms with van der Waals surface area (Å²) in [6.45, 7) is 4.00. The monoisotopic (exact) mass is 246 g/mol. The fourth-order valence-corrected chi connectivity index (χ4v) is 1.77. The Morgan fingerprint density at radius 1 is 1.12 bits per heavy atom. The maximum absolute atomic E-state index is 11.4. The topological polar surface area (TPSA) is 49.4 Å². The molecule has 1 N–H and O–H groups in total. The van der Waals surface area contributed by atoms with E-state index in [1.54, 1.807) is 24.3 Å². The molecule has 1 aromatic carbocycles. The van der Waals surface area contributed by atoms with Crippen LogP contribution in [0.5, 0.6) is 0 Å². The zero-order valence-electron chi connectivity index (χ0n) is 10.5. The van der Waals surface area contributed by atoms with E-state index in [1.807, 2.05) is 32.8 Å². The van der Waals surface area contributed by atoms with Crippen molar-refractivity contribution in [2.24, 2.45) is 0 Å².